The molecule has 22 heavy (non-hydrogen) atoms. The van der Waals surface area contributed by atoms with Crippen LogP contribution >= 0.6 is 0 Å². The van der Waals surface area contributed by atoms with Crippen molar-refractivity contribution in [2.75, 3.05) is 13.1 Å². The first-order chi connectivity index (χ1) is 10.3. The Balaban J connectivity index is 1.92. The molecule has 2 rings (SSSR count). The van der Waals surface area contributed by atoms with Gasteiger partial charge in [-0.25, -0.2) is 9.18 Å². The van der Waals surface area contributed by atoms with Gasteiger partial charge >= 0.3 is 6.09 Å². The van der Waals surface area contributed by atoms with Crippen molar-refractivity contribution < 1.29 is 14.3 Å². The highest BCUT2D eigenvalue weighted by Crippen LogP contribution is 2.25. The Morgan fingerprint density at radius 1 is 1.27 bits per heavy atom. The lowest BCUT2D eigenvalue weighted by Gasteiger charge is -2.43. The predicted octanol–water partition coefficient (Wildman–Crippen LogP) is 3.57. The molecule has 0 unspecified atom stereocenters. The van der Waals surface area contributed by atoms with Crippen molar-refractivity contribution in [1.82, 2.24) is 9.80 Å². The Morgan fingerprint density at radius 2 is 1.82 bits per heavy atom. The van der Waals surface area contributed by atoms with Gasteiger partial charge < -0.3 is 10.0 Å². The quantitative estimate of drug-likeness (QED) is 0.928. The monoisotopic (exact) mass is 308 g/mol. The van der Waals surface area contributed by atoms with Gasteiger partial charge in [-0.15, -0.1) is 0 Å². The van der Waals surface area contributed by atoms with Crippen LogP contribution in [0.15, 0.2) is 24.3 Å². The Morgan fingerprint density at radius 3 is 2.27 bits per heavy atom. The summed E-state index contributed by atoms with van der Waals surface area (Å²) in [7, 11) is 0. The lowest BCUT2D eigenvalue weighted by Crippen LogP contribution is -2.54. The van der Waals surface area contributed by atoms with Crippen molar-refractivity contribution in [1.29, 1.82) is 0 Å². The summed E-state index contributed by atoms with van der Waals surface area (Å²) < 4.78 is 12.9. The molecule has 1 amide bonds. The average molecular weight is 308 g/mol. The molecule has 1 saturated heterocycles. The van der Waals surface area contributed by atoms with E-state index < -0.39 is 6.09 Å². The third-order valence-electron chi connectivity index (χ3n) is 4.17. The summed E-state index contributed by atoms with van der Waals surface area (Å²) in [6, 6.07) is 6.64. The number of amides is 1. The first-order valence-electron chi connectivity index (χ1n) is 7.76. The zero-order chi connectivity index (χ0) is 16.3. The molecular formula is C17H25FN2O2. The predicted molar refractivity (Wildman–Crippen MR) is 84.3 cm³/mol. The minimum absolute atomic E-state index is 0.0713. The molecule has 1 aromatic carbocycles. The molecule has 1 aliphatic heterocycles. The number of benzene rings is 1. The molecule has 1 aromatic rings. The van der Waals surface area contributed by atoms with Crippen LogP contribution in [0.3, 0.4) is 0 Å². The molecule has 0 saturated carbocycles. The number of rotatable bonds is 3. The second-order valence-electron chi connectivity index (χ2n) is 6.96. The Kier molecular flexibility index (Phi) is 5.06. The fourth-order valence-electron chi connectivity index (χ4n) is 3.17. The third kappa shape index (κ3) is 4.19. The van der Waals surface area contributed by atoms with Crippen LogP contribution in [0.1, 0.15) is 39.2 Å². The lowest BCUT2D eigenvalue weighted by molar-refractivity contribution is 0.0408. The molecule has 0 aromatic heterocycles. The van der Waals surface area contributed by atoms with E-state index in [0.717, 1.165) is 38.0 Å². The van der Waals surface area contributed by atoms with E-state index in [-0.39, 0.29) is 17.4 Å². The second kappa shape index (κ2) is 6.65. The number of piperidine rings is 1. The molecule has 5 heteroatoms. The largest absolute Gasteiger partial charge is 0.465 e. The maximum absolute atomic E-state index is 12.9. The third-order valence-corrected chi connectivity index (χ3v) is 4.17. The van der Waals surface area contributed by atoms with Crippen molar-refractivity contribution in [3.05, 3.63) is 35.6 Å². The highest BCUT2D eigenvalue weighted by atomic mass is 19.1. The van der Waals surface area contributed by atoms with Gasteiger partial charge in [0.2, 0.25) is 0 Å². The first kappa shape index (κ1) is 16.7. The first-order valence-corrected chi connectivity index (χ1v) is 7.76. The number of carboxylic acid groups (broad SMARTS) is 1. The molecule has 4 nitrogen and oxygen atoms in total. The number of hydrogen-bond donors (Lipinski definition) is 1. The number of likely N-dealkylation sites (tertiary alicyclic amines) is 1. The van der Waals surface area contributed by atoms with E-state index in [9.17, 15) is 14.3 Å². The van der Waals surface area contributed by atoms with E-state index in [2.05, 4.69) is 4.90 Å². The van der Waals surface area contributed by atoms with Gasteiger partial charge in [0, 0.05) is 31.2 Å². The minimum atomic E-state index is -0.843. The highest BCUT2D eigenvalue weighted by molar-refractivity contribution is 5.66. The number of nitrogens with zero attached hydrogens (tertiary/aromatic N) is 2. The summed E-state index contributed by atoms with van der Waals surface area (Å²) >= 11 is 0. The number of halogens is 1. The van der Waals surface area contributed by atoms with Crippen molar-refractivity contribution in [2.45, 2.75) is 51.7 Å². The SMILES string of the molecule is CC(C)(C)N(C(=O)O)C1CCN(Cc2ccc(F)cc2)CC1. The van der Waals surface area contributed by atoms with Crippen LogP contribution in [-0.4, -0.2) is 45.7 Å². The molecular weight excluding hydrogens is 283 g/mol. The molecule has 0 bridgehead atoms. The van der Waals surface area contributed by atoms with E-state index in [1.165, 1.54) is 12.1 Å². The van der Waals surface area contributed by atoms with Gasteiger partial charge in [0.15, 0.2) is 0 Å². The Labute approximate surface area is 131 Å². The van der Waals surface area contributed by atoms with E-state index >= 15 is 0 Å². The molecule has 1 aliphatic rings. The molecule has 0 atom stereocenters. The zero-order valence-corrected chi connectivity index (χ0v) is 13.6. The van der Waals surface area contributed by atoms with Crippen molar-refractivity contribution >= 4 is 6.09 Å². The van der Waals surface area contributed by atoms with Gasteiger partial charge in [-0.1, -0.05) is 12.1 Å². The highest BCUT2D eigenvalue weighted by Gasteiger charge is 2.35. The van der Waals surface area contributed by atoms with Crippen LogP contribution in [0.5, 0.6) is 0 Å². The maximum atomic E-state index is 12.9. The van der Waals surface area contributed by atoms with E-state index in [1.807, 2.05) is 20.8 Å². The molecule has 122 valence electrons. The molecule has 1 fully saturated rings. The van der Waals surface area contributed by atoms with Gasteiger partial charge in [-0.2, -0.15) is 0 Å². The summed E-state index contributed by atoms with van der Waals surface area (Å²) in [5, 5.41) is 9.47. The van der Waals surface area contributed by atoms with E-state index in [0.29, 0.717) is 0 Å². The minimum Gasteiger partial charge on any atom is -0.465 e. The number of hydrogen-bond acceptors (Lipinski definition) is 2. The summed E-state index contributed by atoms with van der Waals surface area (Å²) in [6.45, 7) is 8.32. The zero-order valence-electron chi connectivity index (χ0n) is 13.6. The van der Waals surface area contributed by atoms with Crippen molar-refractivity contribution in [3.8, 4) is 0 Å². The van der Waals surface area contributed by atoms with Crippen LogP contribution in [-0.2, 0) is 6.54 Å². The fraction of sp³-hybridized carbons (Fsp3) is 0.588. The topological polar surface area (TPSA) is 43.8 Å². The molecule has 0 radical (unpaired) electrons. The summed E-state index contributed by atoms with van der Waals surface area (Å²) in [5.41, 5.74) is 0.709. The summed E-state index contributed by atoms with van der Waals surface area (Å²) in [6.07, 6.45) is 0.833. The normalized spacial score (nSPS) is 17.5. The lowest BCUT2D eigenvalue weighted by atomic mass is 9.96. The van der Waals surface area contributed by atoms with Gasteiger partial charge in [-0.3, -0.25) is 4.90 Å². The second-order valence-corrected chi connectivity index (χ2v) is 6.96. The summed E-state index contributed by atoms with van der Waals surface area (Å²) in [4.78, 5) is 15.4. The van der Waals surface area contributed by atoms with Crippen LogP contribution in [0, 0.1) is 5.82 Å². The van der Waals surface area contributed by atoms with Crippen molar-refractivity contribution in [2.24, 2.45) is 0 Å². The Hall–Kier alpha value is -1.62. The number of carbonyl (C=O) groups is 1. The fourth-order valence-corrected chi connectivity index (χ4v) is 3.17. The smallest absolute Gasteiger partial charge is 0.407 e. The maximum Gasteiger partial charge on any atom is 0.407 e. The van der Waals surface area contributed by atoms with Crippen LogP contribution in [0.25, 0.3) is 0 Å². The van der Waals surface area contributed by atoms with Crippen LogP contribution < -0.4 is 0 Å². The summed E-state index contributed by atoms with van der Waals surface area (Å²) in [5.74, 6) is -0.218. The van der Waals surface area contributed by atoms with Crippen molar-refractivity contribution in [3.63, 3.8) is 0 Å². The van der Waals surface area contributed by atoms with E-state index in [4.69, 9.17) is 0 Å². The van der Waals surface area contributed by atoms with Gasteiger partial charge in [0.05, 0.1) is 0 Å². The standard InChI is InChI=1S/C17H25FN2O2/c1-17(2,3)20(16(21)22)15-8-10-19(11-9-15)12-13-4-6-14(18)7-5-13/h4-7,15H,8-12H2,1-3H3,(H,21,22). The van der Waals surface area contributed by atoms with Crippen LogP contribution in [0.2, 0.25) is 0 Å². The van der Waals surface area contributed by atoms with Crippen LogP contribution in [0.4, 0.5) is 9.18 Å². The Bertz CT molecular complexity index is 502. The van der Waals surface area contributed by atoms with Gasteiger partial charge in [0.1, 0.15) is 5.82 Å². The molecule has 0 spiro atoms. The van der Waals surface area contributed by atoms with E-state index in [1.54, 1.807) is 17.0 Å². The van der Waals surface area contributed by atoms with Gasteiger partial charge in [0.25, 0.3) is 0 Å². The molecule has 1 heterocycles. The molecule has 1 N–H and O–H groups in total. The average Bonchev–Trinajstić information content (AvgIpc) is 2.41. The molecule has 0 aliphatic carbocycles. The van der Waals surface area contributed by atoms with Gasteiger partial charge in [-0.05, 0) is 51.3 Å².